The molecule has 14 heavy (non-hydrogen) atoms. The SMILES string of the molecule is CCC(O)Cc1cccc(OC)c1F. The van der Waals surface area contributed by atoms with E-state index < -0.39 is 6.10 Å². The first-order valence-electron chi connectivity index (χ1n) is 4.68. The van der Waals surface area contributed by atoms with Gasteiger partial charge in [0.05, 0.1) is 13.2 Å². The van der Waals surface area contributed by atoms with E-state index in [9.17, 15) is 9.50 Å². The molecule has 1 atom stereocenters. The molecule has 0 amide bonds. The number of rotatable bonds is 4. The van der Waals surface area contributed by atoms with Crippen molar-refractivity contribution in [1.29, 1.82) is 0 Å². The van der Waals surface area contributed by atoms with Gasteiger partial charge in [-0.3, -0.25) is 0 Å². The first-order chi connectivity index (χ1) is 6.69. The summed E-state index contributed by atoms with van der Waals surface area (Å²) in [6.45, 7) is 1.86. The largest absolute Gasteiger partial charge is 0.494 e. The van der Waals surface area contributed by atoms with Crippen molar-refractivity contribution in [3.05, 3.63) is 29.6 Å². The maximum atomic E-state index is 13.5. The molecule has 78 valence electrons. The Morgan fingerprint density at radius 1 is 1.50 bits per heavy atom. The van der Waals surface area contributed by atoms with E-state index in [-0.39, 0.29) is 11.6 Å². The van der Waals surface area contributed by atoms with Crippen LogP contribution in [0.4, 0.5) is 4.39 Å². The molecule has 0 spiro atoms. The third-order valence-electron chi connectivity index (χ3n) is 2.19. The summed E-state index contributed by atoms with van der Waals surface area (Å²) in [5.41, 5.74) is 0.499. The second-order valence-electron chi connectivity index (χ2n) is 3.20. The van der Waals surface area contributed by atoms with Crippen molar-refractivity contribution < 1.29 is 14.2 Å². The van der Waals surface area contributed by atoms with Gasteiger partial charge < -0.3 is 9.84 Å². The lowest BCUT2D eigenvalue weighted by Gasteiger charge is -2.10. The molecular formula is C11H15FO2. The predicted molar refractivity (Wildman–Crippen MR) is 53.0 cm³/mol. The summed E-state index contributed by atoms with van der Waals surface area (Å²) in [7, 11) is 1.43. The van der Waals surface area contributed by atoms with E-state index in [1.54, 1.807) is 18.2 Å². The van der Waals surface area contributed by atoms with Gasteiger partial charge >= 0.3 is 0 Å². The van der Waals surface area contributed by atoms with Gasteiger partial charge in [0.1, 0.15) is 0 Å². The molecule has 0 saturated heterocycles. The summed E-state index contributed by atoms with van der Waals surface area (Å²) >= 11 is 0. The normalized spacial score (nSPS) is 12.6. The van der Waals surface area contributed by atoms with Crippen LogP contribution >= 0.6 is 0 Å². The Hall–Kier alpha value is -1.09. The van der Waals surface area contributed by atoms with Gasteiger partial charge in [-0.1, -0.05) is 19.1 Å². The molecule has 1 unspecified atom stereocenters. The molecule has 0 fully saturated rings. The van der Waals surface area contributed by atoms with E-state index in [4.69, 9.17) is 4.74 Å². The highest BCUT2D eigenvalue weighted by Gasteiger charge is 2.11. The Kier molecular flexibility index (Phi) is 3.89. The van der Waals surface area contributed by atoms with Gasteiger partial charge in [-0.2, -0.15) is 0 Å². The van der Waals surface area contributed by atoms with Crippen LogP contribution in [-0.2, 0) is 6.42 Å². The zero-order chi connectivity index (χ0) is 10.6. The van der Waals surface area contributed by atoms with Crippen LogP contribution in [0, 0.1) is 5.82 Å². The fourth-order valence-corrected chi connectivity index (χ4v) is 1.27. The van der Waals surface area contributed by atoms with Crippen LogP contribution in [0.25, 0.3) is 0 Å². The molecule has 0 aliphatic carbocycles. The minimum Gasteiger partial charge on any atom is -0.494 e. The third-order valence-corrected chi connectivity index (χ3v) is 2.19. The van der Waals surface area contributed by atoms with Gasteiger partial charge in [0.15, 0.2) is 11.6 Å². The smallest absolute Gasteiger partial charge is 0.168 e. The summed E-state index contributed by atoms with van der Waals surface area (Å²) in [5, 5.41) is 9.39. The predicted octanol–water partition coefficient (Wildman–Crippen LogP) is 2.15. The van der Waals surface area contributed by atoms with Crippen molar-refractivity contribution in [3.63, 3.8) is 0 Å². The standard InChI is InChI=1S/C11H15FO2/c1-3-9(13)7-8-5-4-6-10(14-2)11(8)12/h4-6,9,13H,3,7H2,1-2H3. The molecule has 0 bridgehead atoms. The molecule has 3 heteroatoms. The highest BCUT2D eigenvalue weighted by atomic mass is 19.1. The second-order valence-corrected chi connectivity index (χ2v) is 3.20. The minimum atomic E-state index is -0.489. The molecule has 0 aromatic heterocycles. The van der Waals surface area contributed by atoms with Gasteiger partial charge in [0.2, 0.25) is 0 Å². The average molecular weight is 198 g/mol. The van der Waals surface area contributed by atoms with Gasteiger partial charge in [-0.15, -0.1) is 0 Å². The quantitative estimate of drug-likeness (QED) is 0.803. The molecular weight excluding hydrogens is 183 g/mol. The third kappa shape index (κ3) is 2.45. The van der Waals surface area contributed by atoms with Gasteiger partial charge in [0.25, 0.3) is 0 Å². The Morgan fingerprint density at radius 2 is 2.21 bits per heavy atom. The van der Waals surface area contributed by atoms with Crippen molar-refractivity contribution in [2.24, 2.45) is 0 Å². The number of halogens is 1. The van der Waals surface area contributed by atoms with Crippen molar-refractivity contribution >= 4 is 0 Å². The zero-order valence-corrected chi connectivity index (χ0v) is 8.46. The number of benzene rings is 1. The van der Waals surface area contributed by atoms with E-state index in [1.165, 1.54) is 7.11 Å². The van der Waals surface area contributed by atoms with Crippen molar-refractivity contribution in [3.8, 4) is 5.75 Å². The second kappa shape index (κ2) is 4.96. The first kappa shape index (κ1) is 11.0. The number of methoxy groups -OCH3 is 1. The maximum Gasteiger partial charge on any atom is 0.168 e. The summed E-state index contributed by atoms with van der Waals surface area (Å²) in [6, 6.07) is 4.95. The lowest BCUT2D eigenvalue weighted by atomic mass is 10.1. The first-order valence-corrected chi connectivity index (χ1v) is 4.68. The topological polar surface area (TPSA) is 29.5 Å². The van der Waals surface area contributed by atoms with E-state index >= 15 is 0 Å². The molecule has 0 aliphatic rings. The molecule has 0 saturated carbocycles. The molecule has 1 aromatic rings. The summed E-state index contributed by atoms with van der Waals surface area (Å²) in [4.78, 5) is 0. The van der Waals surface area contributed by atoms with Crippen LogP contribution in [-0.4, -0.2) is 18.3 Å². The van der Waals surface area contributed by atoms with E-state index in [0.29, 0.717) is 18.4 Å². The molecule has 0 aliphatic heterocycles. The number of hydrogen-bond donors (Lipinski definition) is 1. The van der Waals surface area contributed by atoms with Gasteiger partial charge in [-0.25, -0.2) is 4.39 Å². The lowest BCUT2D eigenvalue weighted by Crippen LogP contribution is -2.10. The van der Waals surface area contributed by atoms with Crippen molar-refractivity contribution in [2.45, 2.75) is 25.9 Å². The Labute approximate surface area is 83.3 Å². The van der Waals surface area contributed by atoms with E-state index in [2.05, 4.69) is 0 Å². The molecule has 1 aromatic carbocycles. The Morgan fingerprint density at radius 3 is 2.79 bits per heavy atom. The van der Waals surface area contributed by atoms with Crippen molar-refractivity contribution in [1.82, 2.24) is 0 Å². The Balaban J connectivity index is 2.86. The van der Waals surface area contributed by atoms with E-state index in [1.807, 2.05) is 6.92 Å². The van der Waals surface area contributed by atoms with Gasteiger partial charge in [0, 0.05) is 6.42 Å². The molecule has 2 nitrogen and oxygen atoms in total. The molecule has 1 rings (SSSR count). The fourth-order valence-electron chi connectivity index (χ4n) is 1.27. The molecule has 1 N–H and O–H groups in total. The lowest BCUT2D eigenvalue weighted by molar-refractivity contribution is 0.169. The monoisotopic (exact) mass is 198 g/mol. The van der Waals surface area contributed by atoms with Gasteiger partial charge in [-0.05, 0) is 18.1 Å². The average Bonchev–Trinajstić information content (AvgIpc) is 2.21. The van der Waals surface area contributed by atoms with E-state index in [0.717, 1.165) is 0 Å². The molecule has 0 heterocycles. The summed E-state index contributed by atoms with van der Waals surface area (Å²) < 4.78 is 18.4. The summed E-state index contributed by atoms with van der Waals surface area (Å²) in [6.07, 6.45) is 0.465. The van der Waals surface area contributed by atoms with Crippen LogP contribution in [0.3, 0.4) is 0 Å². The van der Waals surface area contributed by atoms with Crippen LogP contribution in [0.2, 0.25) is 0 Å². The Bertz CT molecular complexity index is 299. The number of aliphatic hydroxyl groups excluding tert-OH is 1. The van der Waals surface area contributed by atoms with Crippen LogP contribution < -0.4 is 4.74 Å². The number of ether oxygens (including phenoxy) is 1. The minimum absolute atomic E-state index is 0.228. The number of hydrogen-bond acceptors (Lipinski definition) is 2. The van der Waals surface area contributed by atoms with Crippen LogP contribution in [0.1, 0.15) is 18.9 Å². The highest BCUT2D eigenvalue weighted by molar-refractivity contribution is 5.31. The fraction of sp³-hybridized carbons (Fsp3) is 0.455. The highest BCUT2D eigenvalue weighted by Crippen LogP contribution is 2.21. The van der Waals surface area contributed by atoms with Crippen LogP contribution in [0.15, 0.2) is 18.2 Å². The van der Waals surface area contributed by atoms with Crippen LogP contribution in [0.5, 0.6) is 5.75 Å². The molecule has 0 radical (unpaired) electrons. The zero-order valence-electron chi connectivity index (χ0n) is 8.46. The number of aliphatic hydroxyl groups is 1. The summed E-state index contributed by atoms with van der Waals surface area (Å²) in [5.74, 6) is -0.145. The maximum absolute atomic E-state index is 13.5. The van der Waals surface area contributed by atoms with Crippen molar-refractivity contribution in [2.75, 3.05) is 7.11 Å².